The third-order valence-corrected chi connectivity index (χ3v) is 9.55. The second-order valence-electron chi connectivity index (χ2n) is 7.97. The number of thiophene rings is 1. The molecule has 0 aliphatic carbocycles. The summed E-state index contributed by atoms with van der Waals surface area (Å²) in [5.74, 6) is 0.672. The number of rotatable bonds is 5. The molecule has 1 atom stereocenters. The highest BCUT2D eigenvalue weighted by Gasteiger charge is 2.32. The van der Waals surface area contributed by atoms with Crippen molar-refractivity contribution >= 4 is 32.3 Å². The van der Waals surface area contributed by atoms with Gasteiger partial charge in [-0.3, -0.25) is 14.3 Å². The molecule has 5 rings (SSSR count). The standard InChI is InChI=1S/C22H23N5O4S2/c1-15(21-23-17-6-4-3-5-16(17)22(28)25(21)2)26-10-12-27(13-11-26)33(29,30)20-8-7-19(32-20)18-9-14-31-24-18/h3-9,14-15H,10-13H2,1-2H3. The molecule has 3 aromatic heterocycles. The quantitative estimate of drug-likeness (QED) is 0.428. The summed E-state index contributed by atoms with van der Waals surface area (Å²) in [5.41, 5.74) is 1.21. The lowest BCUT2D eigenvalue weighted by molar-refractivity contribution is 0.139. The van der Waals surface area contributed by atoms with E-state index in [-0.39, 0.29) is 11.6 Å². The van der Waals surface area contributed by atoms with E-state index in [0.717, 1.165) is 4.88 Å². The van der Waals surface area contributed by atoms with Gasteiger partial charge in [0.15, 0.2) is 0 Å². The summed E-state index contributed by atoms with van der Waals surface area (Å²) < 4.78 is 34.6. The fraction of sp³-hybridized carbons (Fsp3) is 0.318. The third kappa shape index (κ3) is 3.90. The molecule has 1 aliphatic rings. The Morgan fingerprint density at radius 3 is 2.55 bits per heavy atom. The molecule has 1 aliphatic heterocycles. The van der Waals surface area contributed by atoms with E-state index in [1.54, 1.807) is 35.9 Å². The van der Waals surface area contributed by atoms with Gasteiger partial charge in [0.2, 0.25) is 0 Å². The molecule has 0 amide bonds. The Morgan fingerprint density at radius 1 is 1.06 bits per heavy atom. The highest BCUT2D eigenvalue weighted by Crippen LogP contribution is 2.32. The van der Waals surface area contributed by atoms with E-state index in [2.05, 4.69) is 10.1 Å². The summed E-state index contributed by atoms with van der Waals surface area (Å²) in [6.07, 6.45) is 1.46. The first-order valence-corrected chi connectivity index (χ1v) is 12.8. The number of hydrogen-bond donors (Lipinski definition) is 0. The van der Waals surface area contributed by atoms with Crippen molar-refractivity contribution in [3.63, 3.8) is 0 Å². The lowest BCUT2D eigenvalue weighted by Crippen LogP contribution is -2.49. The molecule has 0 spiro atoms. The van der Waals surface area contributed by atoms with Crippen molar-refractivity contribution in [1.82, 2.24) is 23.9 Å². The first-order valence-electron chi connectivity index (χ1n) is 10.6. The number of fused-ring (bicyclic) bond motifs is 1. The van der Waals surface area contributed by atoms with Gasteiger partial charge >= 0.3 is 0 Å². The van der Waals surface area contributed by atoms with Crippen LogP contribution < -0.4 is 5.56 Å². The molecule has 1 aromatic carbocycles. The summed E-state index contributed by atoms with van der Waals surface area (Å²) in [5, 5.41) is 4.47. The van der Waals surface area contributed by atoms with Gasteiger partial charge in [0.25, 0.3) is 15.6 Å². The van der Waals surface area contributed by atoms with Crippen LogP contribution in [0.2, 0.25) is 0 Å². The van der Waals surface area contributed by atoms with Gasteiger partial charge < -0.3 is 4.52 Å². The van der Waals surface area contributed by atoms with E-state index >= 15 is 0 Å². The second-order valence-corrected chi connectivity index (χ2v) is 11.2. The minimum Gasteiger partial charge on any atom is -0.364 e. The van der Waals surface area contributed by atoms with E-state index in [0.29, 0.717) is 52.8 Å². The molecule has 1 saturated heterocycles. The van der Waals surface area contributed by atoms with E-state index in [1.807, 2.05) is 25.1 Å². The second kappa shape index (κ2) is 8.49. The third-order valence-electron chi connectivity index (χ3n) is 6.08. The fourth-order valence-corrected chi connectivity index (χ4v) is 7.01. The monoisotopic (exact) mass is 485 g/mol. The first-order chi connectivity index (χ1) is 15.9. The molecule has 1 fully saturated rings. The number of piperazine rings is 1. The van der Waals surface area contributed by atoms with Gasteiger partial charge in [-0.25, -0.2) is 13.4 Å². The molecule has 4 heterocycles. The van der Waals surface area contributed by atoms with Gasteiger partial charge in [0.1, 0.15) is 22.0 Å². The predicted molar refractivity (Wildman–Crippen MR) is 126 cm³/mol. The van der Waals surface area contributed by atoms with Crippen molar-refractivity contribution in [2.24, 2.45) is 7.05 Å². The molecule has 4 aromatic rings. The molecule has 0 saturated carbocycles. The summed E-state index contributed by atoms with van der Waals surface area (Å²) in [6, 6.07) is 12.3. The molecule has 11 heteroatoms. The maximum Gasteiger partial charge on any atom is 0.261 e. The van der Waals surface area contributed by atoms with Gasteiger partial charge in [-0.15, -0.1) is 11.3 Å². The molecule has 33 heavy (non-hydrogen) atoms. The Labute approximate surface area is 194 Å². The van der Waals surface area contributed by atoms with Crippen LogP contribution in [0, 0.1) is 0 Å². The summed E-state index contributed by atoms with van der Waals surface area (Å²) in [7, 11) is -1.86. The lowest BCUT2D eigenvalue weighted by Gasteiger charge is -2.37. The summed E-state index contributed by atoms with van der Waals surface area (Å²) in [6.45, 7) is 3.83. The van der Waals surface area contributed by atoms with Crippen molar-refractivity contribution in [2.45, 2.75) is 17.2 Å². The predicted octanol–water partition coefficient (Wildman–Crippen LogP) is 2.72. The molecule has 0 N–H and O–H groups in total. The van der Waals surface area contributed by atoms with Crippen molar-refractivity contribution in [2.75, 3.05) is 26.2 Å². The number of aromatic nitrogens is 3. The first kappa shape index (κ1) is 22.0. The number of hydrogen-bond acceptors (Lipinski definition) is 8. The molecule has 172 valence electrons. The van der Waals surface area contributed by atoms with Gasteiger partial charge in [0, 0.05) is 39.3 Å². The fourth-order valence-electron chi connectivity index (χ4n) is 4.17. The largest absolute Gasteiger partial charge is 0.364 e. The highest BCUT2D eigenvalue weighted by molar-refractivity contribution is 7.91. The van der Waals surface area contributed by atoms with Crippen LogP contribution in [0.4, 0.5) is 0 Å². The topological polar surface area (TPSA) is 102 Å². The van der Waals surface area contributed by atoms with Crippen LogP contribution in [0.25, 0.3) is 21.5 Å². The molecule has 9 nitrogen and oxygen atoms in total. The molecule has 1 unspecified atom stereocenters. The van der Waals surface area contributed by atoms with Gasteiger partial charge in [0.05, 0.1) is 21.8 Å². The van der Waals surface area contributed by atoms with Crippen molar-refractivity contribution < 1.29 is 12.9 Å². The Morgan fingerprint density at radius 2 is 1.82 bits per heavy atom. The molecular formula is C22H23N5O4S2. The van der Waals surface area contributed by atoms with Crippen molar-refractivity contribution in [3.05, 3.63) is 64.9 Å². The van der Waals surface area contributed by atoms with E-state index in [9.17, 15) is 13.2 Å². The van der Waals surface area contributed by atoms with E-state index in [4.69, 9.17) is 9.51 Å². The lowest BCUT2D eigenvalue weighted by atomic mass is 10.2. The normalized spacial score (nSPS) is 16.9. The van der Waals surface area contributed by atoms with Gasteiger partial charge in [-0.2, -0.15) is 4.31 Å². The number of nitrogens with zero attached hydrogens (tertiary/aromatic N) is 5. The zero-order chi connectivity index (χ0) is 23.2. The molecule has 0 radical (unpaired) electrons. The average molecular weight is 486 g/mol. The van der Waals surface area contributed by atoms with Crippen LogP contribution in [-0.2, 0) is 17.1 Å². The van der Waals surface area contributed by atoms with Crippen LogP contribution in [-0.4, -0.2) is 58.5 Å². The SMILES string of the molecule is CC(c1nc2ccccc2c(=O)n1C)N1CCN(S(=O)(=O)c2ccc(-c3ccon3)s2)CC1. The maximum absolute atomic E-state index is 13.2. The Bertz CT molecular complexity index is 1450. The minimum atomic E-state index is -3.59. The van der Waals surface area contributed by atoms with E-state index < -0.39 is 10.0 Å². The number of benzene rings is 1. The van der Waals surface area contributed by atoms with Crippen LogP contribution >= 0.6 is 11.3 Å². The van der Waals surface area contributed by atoms with Crippen LogP contribution in [0.3, 0.4) is 0 Å². The smallest absolute Gasteiger partial charge is 0.261 e. The average Bonchev–Trinajstić information content (AvgIpc) is 3.53. The zero-order valence-corrected chi connectivity index (χ0v) is 19.8. The molecule has 0 bridgehead atoms. The van der Waals surface area contributed by atoms with Gasteiger partial charge in [-0.1, -0.05) is 17.3 Å². The van der Waals surface area contributed by atoms with Crippen molar-refractivity contribution in [1.29, 1.82) is 0 Å². The summed E-state index contributed by atoms with van der Waals surface area (Å²) >= 11 is 1.19. The Hall–Kier alpha value is -2.86. The minimum absolute atomic E-state index is 0.0794. The Kier molecular flexibility index (Phi) is 5.65. The van der Waals surface area contributed by atoms with Crippen LogP contribution in [0.1, 0.15) is 18.8 Å². The number of sulfonamides is 1. The maximum atomic E-state index is 13.2. The van der Waals surface area contributed by atoms with Gasteiger partial charge in [-0.05, 0) is 31.2 Å². The van der Waals surface area contributed by atoms with Crippen LogP contribution in [0.15, 0.2) is 62.3 Å². The van der Waals surface area contributed by atoms with Crippen LogP contribution in [0.5, 0.6) is 0 Å². The van der Waals surface area contributed by atoms with Crippen molar-refractivity contribution in [3.8, 4) is 10.6 Å². The zero-order valence-electron chi connectivity index (χ0n) is 18.2. The highest BCUT2D eigenvalue weighted by atomic mass is 32.2. The number of para-hydroxylation sites is 1. The molecular weight excluding hydrogens is 462 g/mol. The van der Waals surface area contributed by atoms with E-state index in [1.165, 1.54) is 21.9 Å². The Balaban J connectivity index is 1.32. The summed E-state index contributed by atoms with van der Waals surface area (Å²) in [4.78, 5) is 20.4.